The smallest absolute Gasteiger partial charge is 0.132 e. The highest BCUT2D eigenvalue weighted by Gasteiger charge is 2.24. The Morgan fingerprint density at radius 2 is 1.96 bits per heavy atom. The molecule has 0 unspecified atom stereocenters. The summed E-state index contributed by atoms with van der Waals surface area (Å²) in [5.41, 5.74) is 3.70. The molecule has 1 aromatic carbocycles. The van der Waals surface area contributed by atoms with Crippen molar-refractivity contribution in [3.05, 3.63) is 35.5 Å². The monoisotopic (exact) mass is 369 g/mol. The first-order valence-corrected chi connectivity index (χ1v) is 9.48. The van der Waals surface area contributed by atoms with E-state index in [1.165, 1.54) is 12.8 Å². The van der Waals surface area contributed by atoms with Gasteiger partial charge in [0.1, 0.15) is 11.3 Å². The second-order valence-corrected chi connectivity index (χ2v) is 7.39. The van der Waals surface area contributed by atoms with Crippen molar-refractivity contribution in [2.45, 2.75) is 19.4 Å². The number of benzene rings is 1. The van der Waals surface area contributed by atoms with E-state index in [4.69, 9.17) is 16.3 Å². The number of anilines is 1. The molecule has 0 radical (unpaired) electrons. The Labute approximate surface area is 156 Å². The maximum atomic E-state index is 6.66. The van der Waals surface area contributed by atoms with Crippen molar-refractivity contribution in [1.29, 1.82) is 0 Å². The number of fused-ring (bicyclic) bond motifs is 1. The lowest BCUT2D eigenvalue weighted by Crippen LogP contribution is -2.36. The van der Waals surface area contributed by atoms with Gasteiger partial charge in [0.15, 0.2) is 0 Å². The molecule has 3 heterocycles. The van der Waals surface area contributed by atoms with Gasteiger partial charge in [0.25, 0.3) is 0 Å². The highest BCUT2D eigenvalue weighted by molar-refractivity contribution is 6.37. The highest BCUT2D eigenvalue weighted by atomic mass is 35.5. The van der Waals surface area contributed by atoms with E-state index in [1.54, 1.807) is 0 Å². The van der Waals surface area contributed by atoms with Crippen molar-refractivity contribution in [2.75, 3.05) is 31.2 Å². The van der Waals surface area contributed by atoms with Crippen LogP contribution in [0, 0.1) is 5.92 Å². The lowest BCUT2D eigenvalue weighted by molar-refractivity contribution is 0.122. The van der Waals surface area contributed by atoms with Crippen LogP contribution in [0.2, 0.25) is 5.02 Å². The minimum absolute atomic E-state index is 0.644. The molecule has 2 fully saturated rings. The lowest BCUT2D eigenvalue weighted by Gasteiger charge is -2.27. The zero-order chi connectivity index (χ0) is 17.5. The average molecular weight is 370 g/mol. The Balaban J connectivity index is 1.45. The van der Waals surface area contributed by atoms with E-state index in [1.807, 2.05) is 23.0 Å². The molecule has 0 atom stereocenters. The number of ether oxygens (including phenoxy) is 1. The second-order valence-electron chi connectivity index (χ2n) is 7.01. The summed E-state index contributed by atoms with van der Waals surface area (Å²) in [5, 5.41) is 9.25. The standard InChI is InChI=1S/C19H20ClN5O/c20-18-15(4-5-16-19(18)22-23-25(16)12-13-1-2-13)14-3-6-17(21-11-14)24-7-9-26-10-8-24/h3-6,11,13H,1-2,7-10,12H2. The summed E-state index contributed by atoms with van der Waals surface area (Å²) in [5.74, 6) is 1.72. The van der Waals surface area contributed by atoms with Gasteiger partial charge in [-0.1, -0.05) is 22.9 Å². The molecule has 2 aromatic heterocycles. The molecular weight excluding hydrogens is 350 g/mol. The van der Waals surface area contributed by atoms with Crippen LogP contribution in [0.25, 0.3) is 22.2 Å². The summed E-state index contributed by atoms with van der Waals surface area (Å²) in [4.78, 5) is 6.86. The summed E-state index contributed by atoms with van der Waals surface area (Å²) >= 11 is 6.66. The molecule has 6 nitrogen and oxygen atoms in total. The third kappa shape index (κ3) is 2.93. The third-order valence-electron chi connectivity index (χ3n) is 5.15. The van der Waals surface area contributed by atoms with Gasteiger partial charge in [-0.15, -0.1) is 5.10 Å². The second kappa shape index (κ2) is 6.52. The van der Waals surface area contributed by atoms with Gasteiger partial charge in [0.05, 0.1) is 23.8 Å². The molecule has 3 aromatic rings. The van der Waals surface area contributed by atoms with Gasteiger partial charge in [-0.3, -0.25) is 0 Å². The van der Waals surface area contributed by atoms with E-state index in [9.17, 15) is 0 Å². The zero-order valence-corrected chi connectivity index (χ0v) is 15.2. The SMILES string of the molecule is Clc1c(-c2ccc(N3CCOCC3)nc2)ccc2c1nnn2CC1CC1. The largest absolute Gasteiger partial charge is 0.378 e. The first-order chi connectivity index (χ1) is 12.8. The van der Waals surface area contributed by atoms with Crippen LogP contribution in [-0.4, -0.2) is 46.3 Å². The zero-order valence-electron chi connectivity index (χ0n) is 14.4. The Bertz CT molecular complexity index is 929. The van der Waals surface area contributed by atoms with Gasteiger partial charge in [0, 0.05) is 37.0 Å². The van der Waals surface area contributed by atoms with Crippen LogP contribution in [-0.2, 0) is 11.3 Å². The van der Waals surface area contributed by atoms with Gasteiger partial charge in [-0.2, -0.15) is 0 Å². The van der Waals surface area contributed by atoms with Crippen LogP contribution in [0.1, 0.15) is 12.8 Å². The topological polar surface area (TPSA) is 56.1 Å². The van der Waals surface area contributed by atoms with Crippen molar-refractivity contribution < 1.29 is 4.74 Å². The van der Waals surface area contributed by atoms with Crippen LogP contribution >= 0.6 is 11.6 Å². The number of nitrogens with zero attached hydrogens (tertiary/aromatic N) is 5. The number of hydrogen-bond acceptors (Lipinski definition) is 5. The summed E-state index contributed by atoms with van der Waals surface area (Å²) in [6, 6.07) is 8.22. The number of pyridine rings is 1. The fourth-order valence-electron chi connectivity index (χ4n) is 3.43. The summed E-state index contributed by atoms with van der Waals surface area (Å²) in [6.07, 6.45) is 4.45. The Morgan fingerprint density at radius 3 is 2.69 bits per heavy atom. The van der Waals surface area contributed by atoms with Gasteiger partial charge >= 0.3 is 0 Å². The predicted octanol–water partition coefficient (Wildman–Crippen LogP) is 3.39. The van der Waals surface area contributed by atoms with Gasteiger partial charge in [0.2, 0.25) is 0 Å². The maximum Gasteiger partial charge on any atom is 0.132 e. The molecule has 5 rings (SSSR count). The quantitative estimate of drug-likeness (QED) is 0.705. The highest BCUT2D eigenvalue weighted by Crippen LogP contribution is 2.35. The molecule has 2 aliphatic rings. The molecule has 0 amide bonds. The molecule has 26 heavy (non-hydrogen) atoms. The molecule has 1 aliphatic carbocycles. The van der Waals surface area contributed by atoms with Crippen LogP contribution in [0.3, 0.4) is 0 Å². The van der Waals surface area contributed by atoms with Crippen LogP contribution < -0.4 is 4.90 Å². The fraction of sp³-hybridized carbons (Fsp3) is 0.421. The van der Waals surface area contributed by atoms with E-state index < -0.39 is 0 Å². The van der Waals surface area contributed by atoms with Crippen molar-refractivity contribution in [3.8, 4) is 11.1 Å². The van der Waals surface area contributed by atoms with Crippen LogP contribution in [0.4, 0.5) is 5.82 Å². The van der Waals surface area contributed by atoms with E-state index in [0.29, 0.717) is 5.02 Å². The number of halogens is 1. The minimum Gasteiger partial charge on any atom is -0.378 e. The first kappa shape index (κ1) is 16.0. The van der Waals surface area contributed by atoms with Crippen LogP contribution in [0.5, 0.6) is 0 Å². The van der Waals surface area contributed by atoms with Crippen LogP contribution in [0.15, 0.2) is 30.5 Å². The maximum absolute atomic E-state index is 6.66. The molecule has 134 valence electrons. The van der Waals surface area contributed by atoms with Crippen molar-refractivity contribution in [2.24, 2.45) is 5.92 Å². The molecule has 0 bridgehead atoms. The normalized spacial score (nSPS) is 17.8. The molecule has 1 aliphatic heterocycles. The molecule has 1 saturated heterocycles. The number of rotatable bonds is 4. The molecule has 7 heteroatoms. The summed E-state index contributed by atoms with van der Waals surface area (Å²) in [6.45, 7) is 4.19. The first-order valence-electron chi connectivity index (χ1n) is 9.10. The third-order valence-corrected chi connectivity index (χ3v) is 5.53. The lowest BCUT2D eigenvalue weighted by atomic mass is 10.1. The number of morpholine rings is 1. The van der Waals surface area contributed by atoms with Crippen molar-refractivity contribution in [1.82, 2.24) is 20.0 Å². The van der Waals surface area contributed by atoms with E-state index in [0.717, 1.165) is 66.7 Å². The molecular formula is C19H20ClN5O. The minimum atomic E-state index is 0.644. The summed E-state index contributed by atoms with van der Waals surface area (Å²) < 4.78 is 7.37. The fourth-order valence-corrected chi connectivity index (χ4v) is 3.74. The Hall–Kier alpha value is -2.18. The van der Waals surface area contributed by atoms with Crippen molar-refractivity contribution in [3.63, 3.8) is 0 Å². The van der Waals surface area contributed by atoms with Gasteiger partial charge in [-0.25, -0.2) is 9.67 Å². The average Bonchev–Trinajstić information content (AvgIpc) is 3.42. The van der Waals surface area contributed by atoms with E-state index in [2.05, 4.69) is 32.3 Å². The Kier molecular flexibility index (Phi) is 4.02. The van der Waals surface area contributed by atoms with Gasteiger partial charge in [-0.05, 0) is 37.0 Å². The Morgan fingerprint density at radius 1 is 1.12 bits per heavy atom. The van der Waals surface area contributed by atoms with Gasteiger partial charge < -0.3 is 9.64 Å². The number of hydrogen-bond donors (Lipinski definition) is 0. The molecule has 1 saturated carbocycles. The van der Waals surface area contributed by atoms with Crippen molar-refractivity contribution >= 4 is 28.5 Å². The van der Waals surface area contributed by atoms with E-state index >= 15 is 0 Å². The van der Waals surface area contributed by atoms with E-state index in [-0.39, 0.29) is 0 Å². The predicted molar refractivity (Wildman–Crippen MR) is 102 cm³/mol. The summed E-state index contributed by atoms with van der Waals surface area (Å²) in [7, 11) is 0. The number of aromatic nitrogens is 4. The molecule has 0 N–H and O–H groups in total. The molecule has 0 spiro atoms.